The lowest BCUT2D eigenvalue weighted by Gasteiger charge is -2.18. The topological polar surface area (TPSA) is 41.1 Å². The Morgan fingerprint density at radius 3 is 2.21 bits per heavy atom. The second-order valence-electron chi connectivity index (χ2n) is 7.71. The van der Waals surface area contributed by atoms with Gasteiger partial charge in [-0.2, -0.15) is 0 Å². The first-order valence-corrected chi connectivity index (χ1v) is 12.3. The summed E-state index contributed by atoms with van der Waals surface area (Å²) in [6, 6.07) is 34.2. The van der Waals surface area contributed by atoms with Crippen molar-refractivity contribution in [3.05, 3.63) is 114 Å². The van der Waals surface area contributed by atoms with Crippen LogP contribution in [0.2, 0.25) is 0 Å². The van der Waals surface area contributed by atoms with Crippen LogP contribution in [0.15, 0.2) is 103 Å². The average Bonchev–Trinajstić information content (AvgIpc) is 2.87. The van der Waals surface area contributed by atoms with Crippen molar-refractivity contribution >= 4 is 50.5 Å². The Hall–Kier alpha value is -3.15. The SMILES string of the molecule is O=C(CC(SC(=S)NCCNc1ccc2ccccc2c1)c1ccccc1)c1ccccc1. The van der Waals surface area contributed by atoms with E-state index in [1.165, 1.54) is 10.8 Å². The van der Waals surface area contributed by atoms with Gasteiger partial charge < -0.3 is 10.6 Å². The molecule has 0 aliphatic carbocycles. The number of carbonyl (C=O) groups excluding carboxylic acids is 1. The van der Waals surface area contributed by atoms with Crippen molar-refractivity contribution in [2.75, 3.05) is 18.4 Å². The Kier molecular flexibility index (Phi) is 8.12. The van der Waals surface area contributed by atoms with E-state index < -0.39 is 0 Å². The van der Waals surface area contributed by atoms with Crippen LogP contribution in [0.5, 0.6) is 0 Å². The average molecular weight is 471 g/mol. The smallest absolute Gasteiger partial charge is 0.164 e. The maximum Gasteiger partial charge on any atom is 0.164 e. The number of ketones is 1. The van der Waals surface area contributed by atoms with Crippen LogP contribution in [0.3, 0.4) is 0 Å². The minimum absolute atomic E-state index is 0.0349. The van der Waals surface area contributed by atoms with Gasteiger partial charge in [0.05, 0.1) is 0 Å². The van der Waals surface area contributed by atoms with Crippen LogP contribution in [-0.2, 0) is 0 Å². The van der Waals surface area contributed by atoms with Gasteiger partial charge in [0.15, 0.2) is 5.78 Å². The van der Waals surface area contributed by atoms with Gasteiger partial charge in [-0.05, 0) is 28.5 Å². The highest BCUT2D eigenvalue weighted by molar-refractivity contribution is 8.23. The third-order valence-electron chi connectivity index (χ3n) is 5.36. The van der Waals surface area contributed by atoms with Gasteiger partial charge in [-0.25, -0.2) is 0 Å². The fraction of sp³-hybridized carbons (Fsp3) is 0.143. The molecule has 1 unspecified atom stereocenters. The second-order valence-corrected chi connectivity index (χ2v) is 9.59. The highest BCUT2D eigenvalue weighted by Crippen LogP contribution is 2.33. The third kappa shape index (κ3) is 6.67. The summed E-state index contributed by atoms with van der Waals surface area (Å²) in [4.78, 5) is 12.8. The number of anilines is 1. The Labute approximate surface area is 204 Å². The van der Waals surface area contributed by atoms with Gasteiger partial charge in [0.25, 0.3) is 0 Å². The number of rotatable bonds is 9. The zero-order valence-electron chi connectivity index (χ0n) is 18.2. The van der Waals surface area contributed by atoms with E-state index in [1.807, 2.05) is 54.6 Å². The van der Waals surface area contributed by atoms with E-state index in [1.54, 1.807) is 11.8 Å². The first-order chi connectivity index (χ1) is 16.2. The van der Waals surface area contributed by atoms with Gasteiger partial charge in [0.1, 0.15) is 4.32 Å². The largest absolute Gasteiger partial charge is 0.383 e. The summed E-state index contributed by atoms with van der Waals surface area (Å²) < 4.78 is 0.699. The lowest BCUT2D eigenvalue weighted by Crippen LogP contribution is -2.26. The molecule has 3 nitrogen and oxygen atoms in total. The van der Waals surface area contributed by atoms with Gasteiger partial charge in [0.2, 0.25) is 0 Å². The van der Waals surface area contributed by atoms with E-state index >= 15 is 0 Å². The summed E-state index contributed by atoms with van der Waals surface area (Å²) >= 11 is 7.15. The number of nitrogens with one attached hydrogen (secondary N) is 2. The number of thiocarbonyl (C=S) groups is 1. The molecule has 0 radical (unpaired) electrons. The van der Waals surface area contributed by atoms with Crippen LogP contribution >= 0.6 is 24.0 Å². The highest BCUT2D eigenvalue weighted by atomic mass is 32.2. The molecular formula is C28H26N2OS2. The number of hydrogen-bond donors (Lipinski definition) is 2. The summed E-state index contributed by atoms with van der Waals surface area (Å²) in [6.45, 7) is 1.45. The third-order valence-corrected chi connectivity index (χ3v) is 6.87. The number of carbonyl (C=O) groups is 1. The quantitative estimate of drug-likeness (QED) is 0.159. The van der Waals surface area contributed by atoms with Gasteiger partial charge in [-0.15, -0.1) is 0 Å². The molecule has 0 saturated heterocycles. The van der Waals surface area contributed by atoms with Crippen molar-refractivity contribution < 1.29 is 4.79 Å². The van der Waals surface area contributed by atoms with Crippen molar-refractivity contribution in [3.8, 4) is 0 Å². The molecule has 4 aromatic rings. The molecule has 0 saturated carbocycles. The maximum absolute atomic E-state index is 12.8. The fourth-order valence-corrected chi connectivity index (χ4v) is 5.07. The van der Waals surface area contributed by atoms with Crippen LogP contribution in [0.4, 0.5) is 5.69 Å². The lowest BCUT2D eigenvalue weighted by molar-refractivity contribution is 0.0982. The molecule has 0 spiro atoms. The number of thioether (sulfide) groups is 1. The number of Topliss-reactive ketones (excluding diaryl/α,β-unsaturated/α-hetero) is 1. The van der Waals surface area contributed by atoms with E-state index in [-0.39, 0.29) is 11.0 Å². The van der Waals surface area contributed by atoms with Crippen molar-refractivity contribution in [2.45, 2.75) is 11.7 Å². The molecule has 5 heteroatoms. The molecule has 0 fully saturated rings. The molecule has 1 atom stereocenters. The summed E-state index contributed by atoms with van der Waals surface area (Å²) in [6.07, 6.45) is 0.399. The fourth-order valence-electron chi connectivity index (χ4n) is 3.65. The summed E-state index contributed by atoms with van der Waals surface area (Å²) in [5.74, 6) is 0.123. The van der Waals surface area contributed by atoms with Crippen molar-refractivity contribution in [1.82, 2.24) is 5.32 Å². The molecular weight excluding hydrogens is 444 g/mol. The van der Waals surface area contributed by atoms with Crippen LogP contribution < -0.4 is 10.6 Å². The molecule has 2 N–H and O–H groups in total. The molecule has 4 aromatic carbocycles. The molecule has 4 rings (SSSR count). The first-order valence-electron chi connectivity index (χ1n) is 11.0. The van der Waals surface area contributed by atoms with Crippen LogP contribution in [-0.4, -0.2) is 23.2 Å². The molecule has 0 amide bonds. The van der Waals surface area contributed by atoms with Crippen LogP contribution in [0.25, 0.3) is 10.8 Å². The zero-order valence-corrected chi connectivity index (χ0v) is 19.9. The van der Waals surface area contributed by atoms with E-state index in [2.05, 4.69) is 59.2 Å². The van der Waals surface area contributed by atoms with Gasteiger partial charge >= 0.3 is 0 Å². The lowest BCUT2D eigenvalue weighted by atomic mass is 10.0. The van der Waals surface area contributed by atoms with Crippen molar-refractivity contribution in [3.63, 3.8) is 0 Å². The summed E-state index contributed by atoms with van der Waals surface area (Å²) in [5, 5.41) is 9.18. The van der Waals surface area contributed by atoms with E-state index in [0.29, 0.717) is 17.3 Å². The molecule has 33 heavy (non-hydrogen) atoms. The summed E-state index contributed by atoms with van der Waals surface area (Å²) in [5.41, 5.74) is 2.92. The van der Waals surface area contributed by atoms with Crippen molar-refractivity contribution in [2.24, 2.45) is 0 Å². The van der Waals surface area contributed by atoms with Crippen LogP contribution in [0, 0.1) is 0 Å². The Bertz CT molecular complexity index is 1210. The molecule has 0 aliphatic heterocycles. The molecule has 0 heterocycles. The number of hydrogen-bond acceptors (Lipinski definition) is 4. The van der Waals surface area contributed by atoms with E-state index in [0.717, 1.165) is 23.4 Å². The molecule has 0 aliphatic rings. The predicted octanol–water partition coefficient (Wildman–Crippen LogP) is 6.87. The maximum atomic E-state index is 12.8. The Morgan fingerprint density at radius 1 is 0.788 bits per heavy atom. The molecule has 0 aromatic heterocycles. The predicted molar refractivity (Wildman–Crippen MR) is 145 cm³/mol. The Balaban J connectivity index is 1.31. The monoisotopic (exact) mass is 470 g/mol. The highest BCUT2D eigenvalue weighted by Gasteiger charge is 2.19. The summed E-state index contributed by atoms with van der Waals surface area (Å²) in [7, 11) is 0. The minimum Gasteiger partial charge on any atom is -0.383 e. The number of fused-ring (bicyclic) bond motifs is 1. The second kappa shape index (κ2) is 11.6. The normalized spacial score (nSPS) is 11.6. The number of benzene rings is 4. The van der Waals surface area contributed by atoms with Crippen molar-refractivity contribution in [1.29, 1.82) is 0 Å². The Morgan fingerprint density at radius 2 is 1.45 bits per heavy atom. The standard InChI is InChI=1S/C28H26N2OS2/c31-26(22-10-3-1-4-11-22)20-27(23-12-5-2-6-13-23)33-28(32)30-18-17-29-25-16-15-21-9-7-8-14-24(21)19-25/h1-16,19,27,29H,17-18,20H2,(H,30,32). The van der Waals surface area contributed by atoms with Gasteiger partial charge in [-0.1, -0.05) is 115 Å². The zero-order chi connectivity index (χ0) is 22.9. The van der Waals surface area contributed by atoms with Gasteiger partial charge in [-0.3, -0.25) is 4.79 Å². The molecule has 0 bridgehead atoms. The molecule has 166 valence electrons. The van der Waals surface area contributed by atoms with E-state index in [4.69, 9.17) is 12.2 Å². The van der Waals surface area contributed by atoms with Gasteiger partial charge in [0, 0.05) is 36.0 Å². The minimum atomic E-state index is -0.0349. The van der Waals surface area contributed by atoms with E-state index in [9.17, 15) is 4.79 Å². The first kappa shape index (κ1) is 23.0. The van der Waals surface area contributed by atoms with Crippen LogP contribution in [0.1, 0.15) is 27.6 Å².